The largest absolute Gasteiger partial charge is 0.390 e. The van der Waals surface area contributed by atoms with Crippen LogP contribution in [0, 0.1) is 5.82 Å². The van der Waals surface area contributed by atoms with E-state index in [1.165, 1.54) is 18.2 Å². The van der Waals surface area contributed by atoms with Gasteiger partial charge in [-0.15, -0.1) is 0 Å². The number of aliphatic hydroxyl groups is 1. The molecule has 0 aliphatic carbocycles. The first kappa shape index (κ1) is 16.6. The molecule has 5 heteroatoms. The number of alkyl halides is 1. The maximum Gasteiger partial charge on any atom is 0.230 e. The van der Waals surface area contributed by atoms with Crippen molar-refractivity contribution in [2.24, 2.45) is 0 Å². The molecule has 0 saturated heterocycles. The van der Waals surface area contributed by atoms with Crippen molar-refractivity contribution in [2.75, 3.05) is 0 Å². The monoisotopic (exact) mass is 322 g/mol. The molecule has 1 N–H and O–H groups in total. The molecule has 0 radical (unpaired) electrons. The molecule has 2 rings (SSSR count). The van der Waals surface area contributed by atoms with E-state index in [9.17, 15) is 18.7 Å². The van der Waals surface area contributed by atoms with E-state index >= 15 is 0 Å². The first-order valence-corrected chi connectivity index (χ1v) is 7.72. The lowest BCUT2D eigenvalue weighted by Crippen LogP contribution is -2.28. The molecule has 0 spiro atoms. The zero-order chi connectivity index (χ0) is 15.9. The number of thioether (sulfide) groups is 1. The van der Waals surface area contributed by atoms with Crippen LogP contribution in [0.3, 0.4) is 0 Å². The Balaban J connectivity index is 1.88. The summed E-state index contributed by atoms with van der Waals surface area (Å²) in [6.07, 6.45) is -2.82. The molecule has 0 heterocycles. The number of benzene rings is 2. The first-order valence-electron chi connectivity index (χ1n) is 6.90. The highest BCUT2D eigenvalue weighted by molar-refractivity contribution is 8.13. The number of aryl methyl sites for hydroxylation is 1. The molecule has 0 amide bonds. The number of hydrogen-bond acceptors (Lipinski definition) is 3. The topological polar surface area (TPSA) is 37.3 Å². The fourth-order valence-corrected chi connectivity index (χ4v) is 2.75. The summed E-state index contributed by atoms with van der Waals surface area (Å²) in [6.45, 7) is 0. The summed E-state index contributed by atoms with van der Waals surface area (Å²) in [5.74, 6) is -0.577. The molecule has 0 aliphatic rings. The fourth-order valence-electron chi connectivity index (χ4n) is 1.95. The Morgan fingerprint density at radius 2 is 1.73 bits per heavy atom. The number of aliphatic hydroxyl groups excluding tert-OH is 1. The molecule has 116 valence electrons. The minimum atomic E-state index is -2.03. The van der Waals surface area contributed by atoms with E-state index < -0.39 is 23.2 Å². The number of carbonyl (C=O) groups excluding carboxylic acids is 1. The van der Waals surface area contributed by atoms with E-state index in [2.05, 4.69) is 0 Å². The molecule has 0 aromatic heterocycles. The highest BCUT2D eigenvalue weighted by Crippen LogP contribution is 2.25. The third kappa shape index (κ3) is 4.64. The zero-order valence-corrected chi connectivity index (χ0v) is 12.6. The van der Waals surface area contributed by atoms with E-state index in [-0.39, 0.29) is 11.3 Å². The van der Waals surface area contributed by atoms with Crippen LogP contribution in [0.4, 0.5) is 8.78 Å². The lowest BCUT2D eigenvalue weighted by molar-refractivity contribution is -0.119. The molecular formula is C17H16F2O2S. The minimum Gasteiger partial charge on any atom is -0.390 e. The Morgan fingerprint density at radius 1 is 1.09 bits per heavy atom. The van der Waals surface area contributed by atoms with Gasteiger partial charge in [0.15, 0.2) is 6.17 Å². The number of rotatable bonds is 6. The molecule has 0 saturated carbocycles. The third-order valence-electron chi connectivity index (χ3n) is 3.18. The summed E-state index contributed by atoms with van der Waals surface area (Å²) in [4.78, 5) is 11.8. The van der Waals surface area contributed by atoms with E-state index in [1.54, 1.807) is 6.07 Å². The Kier molecular flexibility index (Phi) is 6.10. The highest BCUT2D eigenvalue weighted by atomic mass is 32.2. The van der Waals surface area contributed by atoms with Crippen molar-refractivity contribution >= 4 is 16.9 Å². The van der Waals surface area contributed by atoms with Crippen molar-refractivity contribution in [1.82, 2.24) is 0 Å². The second-order valence-corrected chi connectivity index (χ2v) is 5.89. The number of halogens is 2. The predicted octanol–water partition coefficient (Wildman–Crippen LogP) is 3.78. The van der Waals surface area contributed by atoms with Gasteiger partial charge in [-0.1, -0.05) is 42.5 Å². The van der Waals surface area contributed by atoms with Crippen LogP contribution in [-0.2, 0) is 11.2 Å². The summed E-state index contributed by atoms with van der Waals surface area (Å²) >= 11 is 0.479. The van der Waals surface area contributed by atoms with Gasteiger partial charge in [-0.25, -0.2) is 8.78 Å². The predicted molar refractivity (Wildman–Crippen MR) is 82.9 cm³/mol. The standard InChI is InChI=1S/C17H16F2O2S/c18-13-8-4-5-9-15(13)22-17(21)16(19)14(20)11-10-12-6-2-1-3-7-12/h1-9,14,16,20H,10-11H2/t14-,16-/m0/s1. The smallest absolute Gasteiger partial charge is 0.230 e. The molecule has 22 heavy (non-hydrogen) atoms. The van der Waals surface area contributed by atoms with Crippen LogP contribution in [0.1, 0.15) is 12.0 Å². The van der Waals surface area contributed by atoms with Gasteiger partial charge in [-0.3, -0.25) is 4.79 Å². The van der Waals surface area contributed by atoms with Gasteiger partial charge < -0.3 is 5.11 Å². The average Bonchev–Trinajstić information content (AvgIpc) is 2.55. The van der Waals surface area contributed by atoms with Crippen LogP contribution < -0.4 is 0 Å². The number of hydrogen-bond donors (Lipinski definition) is 1. The molecular weight excluding hydrogens is 306 g/mol. The second kappa shape index (κ2) is 8.06. The molecule has 2 aromatic carbocycles. The summed E-state index contributed by atoms with van der Waals surface area (Å²) in [6, 6.07) is 15.0. The molecule has 0 aliphatic heterocycles. The van der Waals surface area contributed by atoms with E-state index in [0.717, 1.165) is 5.56 Å². The zero-order valence-electron chi connectivity index (χ0n) is 11.8. The van der Waals surface area contributed by atoms with Gasteiger partial charge in [-0.2, -0.15) is 0 Å². The van der Waals surface area contributed by atoms with Gasteiger partial charge in [0.2, 0.25) is 5.12 Å². The van der Waals surface area contributed by atoms with Crippen molar-refractivity contribution in [3.63, 3.8) is 0 Å². The van der Waals surface area contributed by atoms with Gasteiger partial charge in [0.05, 0.1) is 11.0 Å². The van der Waals surface area contributed by atoms with Crippen molar-refractivity contribution in [1.29, 1.82) is 0 Å². The maximum absolute atomic E-state index is 14.0. The van der Waals surface area contributed by atoms with Gasteiger partial charge in [-0.05, 0) is 42.3 Å². The first-order chi connectivity index (χ1) is 10.6. The van der Waals surface area contributed by atoms with Crippen molar-refractivity contribution in [3.05, 3.63) is 66.0 Å². The average molecular weight is 322 g/mol. The number of carbonyl (C=O) groups is 1. The Bertz CT molecular complexity index is 619. The fraction of sp³-hybridized carbons (Fsp3) is 0.235. The lowest BCUT2D eigenvalue weighted by Gasteiger charge is -2.14. The van der Waals surface area contributed by atoms with Crippen LogP contribution in [0.2, 0.25) is 0 Å². The normalized spacial score (nSPS) is 13.6. The van der Waals surface area contributed by atoms with E-state index in [1.807, 2.05) is 30.3 Å². The molecule has 2 aromatic rings. The molecule has 0 fully saturated rings. The maximum atomic E-state index is 14.0. The summed E-state index contributed by atoms with van der Waals surface area (Å²) in [7, 11) is 0. The van der Waals surface area contributed by atoms with Crippen LogP contribution in [-0.4, -0.2) is 22.5 Å². The summed E-state index contributed by atoms with van der Waals surface area (Å²) in [5.41, 5.74) is 0.961. The van der Waals surface area contributed by atoms with Crippen molar-refractivity contribution in [3.8, 4) is 0 Å². The van der Waals surface area contributed by atoms with Gasteiger partial charge in [0.1, 0.15) is 5.82 Å². The minimum absolute atomic E-state index is 0.0606. The van der Waals surface area contributed by atoms with Crippen LogP contribution in [0.5, 0.6) is 0 Å². The van der Waals surface area contributed by atoms with Crippen LogP contribution in [0.15, 0.2) is 59.5 Å². The molecule has 2 atom stereocenters. The SMILES string of the molecule is O=C(Sc1ccccc1F)[C@@H](F)[C@@H](O)CCc1ccccc1. The highest BCUT2D eigenvalue weighted by Gasteiger charge is 2.27. The van der Waals surface area contributed by atoms with Crippen LogP contribution >= 0.6 is 11.8 Å². The summed E-state index contributed by atoms with van der Waals surface area (Å²) in [5, 5.41) is 8.91. The molecule has 0 unspecified atom stereocenters. The van der Waals surface area contributed by atoms with E-state index in [4.69, 9.17) is 0 Å². The third-order valence-corrected chi connectivity index (χ3v) is 4.16. The van der Waals surface area contributed by atoms with Crippen LogP contribution in [0.25, 0.3) is 0 Å². The molecule has 0 bridgehead atoms. The van der Waals surface area contributed by atoms with Crippen molar-refractivity contribution in [2.45, 2.75) is 30.0 Å². The van der Waals surface area contributed by atoms with Gasteiger partial charge in [0.25, 0.3) is 0 Å². The Hall–Kier alpha value is -1.72. The van der Waals surface area contributed by atoms with Gasteiger partial charge >= 0.3 is 0 Å². The molecule has 2 nitrogen and oxygen atoms in total. The second-order valence-electron chi connectivity index (χ2n) is 4.84. The quantitative estimate of drug-likeness (QED) is 0.823. The lowest BCUT2D eigenvalue weighted by atomic mass is 10.0. The van der Waals surface area contributed by atoms with E-state index in [0.29, 0.717) is 18.2 Å². The Morgan fingerprint density at radius 3 is 2.41 bits per heavy atom. The Labute approximate surface area is 132 Å². The summed E-state index contributed by atoms with van der Waals surface area (Å²) < 4.78 is 27.4. The van der Waals surface area contributed by atoms with Crippen molar-refractivity contribution < 1.29 is 18.7 Å². The van der Waals surface area contributed by atoms with Gasteiger partial charge in [0, 0.05) is 0 Å².